The minimum absolute atomic E-state index is 0.991. The van der Waals surface area contributed by atoms with Gasteiger partial charge in [-0.3, -0.25) is 4.90 Å². The topological polar surface area (TPSA) is 17.3 Å². The summed E-state index contributed by atoms with van der Waals surface area (Å²) in [6, 6.07) is 8.35. The highest BCUT2D eigenvalue weighted by Crippen LogP contribution is 2.12. The molecule has 85 valence electrons. The normalized spacial score (nSPS) is 18.1. The molecule has 0 unspecified atom stereocenters. The summed E-state index contributed by atoms with van der Waals surface area (Å²) in [5.74, 6) is 0. The van der Waals surface area contributed by atoms with E-state index in [0.29, 0.717) is 0 Å². The first kappa shape index (κ1) is 11.8. The highest BCUT2D eigenvalue weighted by Gasteiger charge is 2.07. The van der Waals surface area contributed by atoms with Crippen molar-refractivity contribution in [3.8, 4) is 0 Å². The van der Waals surface area contributed by atoms with Gasteiger partial charge in [0.05, 0.1) is 0 Å². The fraction of sp³-hybridized carbons (Fsp3) is 0.385. The van der Waals surface area contributed by atoms with Crippen LogP contribution in [0.25, 0.3) is 6.08 Å². The zero-order valence-corrected chi connectivity index (χ0v) is 10.9. The van der Waals surface area contributed by atoms with Crippen molar-refractivity contribution in [1.82, 2.24) is 10.2 Å². The summed E-state index contributed by atoms with van der Waals surface area (Å²) >= 11 is 3.47. The fourth-order valence-electron chi connectivity index (χ4n) is 1.78. The number of rotatable bonds is 3. The molecule has 1 radical (unpaired) electrons. The number of hydrogen-bond donors (Lipinski definition) is 0. The lowest BCUT2D eigenvalue weighted by atomic mass is 10.2. The van der Waals surface area contributed by atoms with E-state index in [0.717, 1.165) is 37.2 Å². The predicted molar refractivity (Wildman–Crippen MR) is 71.5 cm³/mol. The maximum atomic E-state index is 4.33. The van der Waals surface area contributed by atoms with Gasteiger partial charge in [0.1, 0.15) is 0 Å². The Kier molecular flexibility index (Phi) is 4.57. The lowest BCUT2D eigenvalue weighted by Gasteiger charge is -2.24. The van der Waals surface area contributed by atoms with E-state index in [-0.39, 0.29) is 0 Å². The molecule has 0 aromatic heterocycles. The minimum atomic E-state index is 0.991. The van der Waals surface area contributed by atoms with Gasteiger partial charge in [-0.1, -0.05) is 40.2 Å². The molecule has 0 atom stereocenters. The second-order valence-corrected chi connectivity index (χ2v) is 4.84. The second-order valence-electron chi connectivity index (χ2n) is 3.93. The molecule has 0 amide bonds. The summed E-state index contributed by atoms with van der Waals surface area (Å²) < 4.78 is 1.13. The molecule has 3 heteroatoms. The van der Waals surface area contributed by atoms with Crippen LogP contribution in [0.4, 0.5) is 0 Å². The minimum Gasteiger partial charge on any atom is -0.297 e. The van der Waals surface area contributed by atoms with Gasteiger partial charge in [0.25, 0.3) is 0 Å². The molecule has 0 aliphatic carbocycles. The Morgan fingerprint density at radius 3 is 2.88 bits per heavy atom. The summed E-state index contributed by atoms with van der Waals surface area (Å²) in [7, 11) is 0. The summed E-state index contributed by atoms with van der Waals surface area (Å²) in [4.78, 5) is 2.43. The largest absolute Gasteiger partial charge is 0.297 e. The average molecular weight is 280 g/mol. The molecule has 1 heterocycles. The third kappa shape index (κ3) is 3.74. The first-order valence-corrected chi connectivity index (χ1v) is 6.41. The van der Waals surface area contributed by atoms with Gasteiger partial charge in [-0.05, 0) is 17.7 Å². The Balaban J connectivity index is 1.84. The Morgan fingerprint density at radius 1 is 1.31 bits per heavy atom. The zero-order valence-electron chi connectivity index (χ0n) is 9.27. The van der Waals surface area contributed by atoms with E-state index < -0.39 is 0 Å². The monoisotopic (exact) mass is 279 g/mol. The molecule has 0 N–H and O–H groups in total. The van der Waals surface area contributed by atoms with Gasteiger partial charge < -0.3 is 0 Å². The van der Waals surface area contributed by atoms with Crippen LogP contribution >= 0.6 is 15.9 Å². The van der Waals surface area contributed by atoms with Crippen LogP contribution in [-0.2, 0) is 0 Å². The molecular weight excluding hydrogens is 264 g/mol. The van der Waals surface area contributed by atoms with Gasteiger partial charge in [0, 0.05) is 37.2 Å². The molecule has 1 aromatic carbocycles. The van der Waals surface area contributed by atoms with Gasteiger partial charge in [-0.15, -0.1) is 0 Å². The Morgan fingerprint density at radius 2 is 2.12 bits per heavy atom. The number of piperazine rings is 1. The summed E-state index contributed by atoms with van der Waals surface area (Å²) in [5, 5.41) is 4.33. The molecule has 1 aliphatic heterocycles. The maximum absolute atomic E-state index is 4.33. The molecule has 1 fully saturated rings. The highest BCUT2D eigenvalue weighted by atomic mass is 79.9. The van der Waals surface area contributed by atoms with Crippen LogP contribution < -0.4 is 5.32 Å². The van der Waals surface area contributed by atoms with Crippen LogP contribution in [0.3, 0.4) is 0 Å². The van der Waals surface area contributed by atoms with Gasteiger partial charge in [0.15, 0.2) is 0 Å². The number of hydrogen-bond acceptors (Lipinski definition) is 1. The van der Waals surface area contributed by atoms with Crippen molar-refractivity contribution >= 4 is 22.0 Å². The van der Waals surface area contributed by atoms with Gasteiger partial charge in [-0.25, -0.2) is 5.32 Å². The van der Waals surface area contributed by atoms with Crippen LogP contribution in [0.5, 0.6) is 0 Å². The van der Waals surface area contributed by atoms with Crippen molar-refractivity contribution in [2.24, 2.45) is 0 Å². The van der Waals surface area contributed by atoms with Crippen molar-refractivity contribution in [3.05, 3.63) is 40.4 Å². The Labute approximate surface area is 105 Å². The molecule has 1 saturated heterocycles. The molecule has 1 aromatic rings. The van der Waals surface area contributed by atoms with Gasteiger partial charge in [0.2, 0.25) is 0 Å². The molecule has 0 bridgehead atoms. The van der Waals surface area contributed by atoms with E-state index in [1.165, 1.54) is 5.56 Å². The standard InChI is InChI=1S/C13H16BrN2/c14-13-5-1-3-12(11-13)4-2-8-16-9-6-15-7-10-16/h1-5,11H,6-10H2. The predicted octanol–water partition coefficient (Wildman–Crippen LogP) is 2.38. The van der Waals surface area contributed by atoms with E-state index in [9.17, 15) is 0 Å². The first-order valence-electron chi connectivity index (χ1n) is 5.62. The molecule has 1 aliphatic rings. The van der Waals surface area contributed by atoms with E-state index in [4.69, 9.17) is 0 Å². The smallest absolute Gasteiger partial charge is 0.0261 e. The van der Waals surface area contributed by atoms with Crippen LogP contribution in [-0.4, -0.2) is 37.6 Å². The van der Waals surface area contributed by atoms with Gasteiger partial charge in [-0.2, -0.15) is 0 Å². The Bertz CT molecular complexity index is 357. The number of benzene rings is 1. The summed E-state index contributed by atoms with van der Waals surface area (Å²) in [6.07, 6.45) is 4.41. The third-order valence-corrected chi connectivity index (χ3v) is 3.16. The molecule has 0 spiro atoms. The maximum Gasteiger partial charge on any atom is 0.0261 e. The molecule has 0 saturated carbocycles. The van der Waals surface area contributed by atoms with E-state index in [2.05, 4.69) is 56.5 Å². The zero-order chi connectivity index (χ0) is 11.2. The Hall–Kier alpha value is -0.640. The van der Waals surface area contributed by atoms with Crippen molar-refractivity contribution in [2.45, 2.75) is 0 Å². The fourth-order valence-corrected chi connectivity index (χ4v) is 2.20. The van der Waals surface area contributed by atoms with Crippen LogP contribution in [0.2, 0.25) is 0 Å². The summed E-state index contributed by atoms with van der Waals surface area (Å²) in [6.45, 7) is 5.21. The SMILES string of the molecule is Brc1cccc(C=CCN2CC[N]CC2)c1. The van der Waals surface area contributed by atoms with Gasteiger partial charge >= 0.3 is 0 Å². The third-order valence-electron chi connectivity index (χ3n) is 2.67. The number of halogens is 1. The van der Waals surface area contributed by atoms with E-state index >= 15 is 0 Å². The lowest BCUT2D eigenvalue weighted by molar-refractivity contribution is 0.262. The molecule has 16 heavy (non-hydrogen) atoms. The quantitative estimate of drug-likeness (QED) is 0.831. The van der Waals surface area contributed by atoms with Crippen molar-refractivity contribution < 1.29 is 0 Å². The summed E-state index contributed by atoms with van der Waals surface area (Å²) in [5.41, 5.74) is 1.25. The van der Waals surface area contributed by atoms with E-state index in [1.807, 2.05) is 6.07 Å². The molecular formula is C13H16BrN2. The van der Waals surface area contributed by atoms with Crippen LogP contribution in [0.15, 0.2) is 34.8 Å². The van der Waals surface area contributed by atoms with Crippen LogP contribution in [0.1, 0.15) is 5.56 Å². The van der Waals surface area contributed by atoms with Crippen molar-refractivity contribution in [1.29, 1.82) is 0 Å². The molecule has 2 nitrogen and oxygen atoms in total. The highest BCUT2D eigenvalue weighted by molar-refractivity contribution is 9.10. The van der Waals surface area contributed by atoms with E-state index in [1.54, 1.807) is 0 Å². The van der Waals surface area contributed by atoms with Crippen LogP contribution in [0, 0.1) is 0 Å². The molecule has 2 rings (SSSR count). The number of nitrogens with zero attached hydrogens (tertiary/aromatic N) is 2. The first-order chi connectivity index (χ1) is 7.84. The average Bonchev–Trinajstić information content (AvgIpc) is 2.30. The van der Waals surface area contributed by atoms with Crippen molar-refractivity contribution in [3.63, 3.8) is 0 Å². The lowest BCUT2D eigenvalue weighted by Crippen LogP contribution is -2.40. The second kappa shape index (κ2) is 6.18. The van der Waals surface area contributed by atoms with Crippen molar-refractivity contribution in [2.75, 3.05) is 32.7 Å².